The van der Waals surface area contributed by atoms with Crippen molar-refractivity contribution in [3.05, 3.63) is 368 Å². The van der Waals surface area contributed by atoms with Crippen LogP contribution in [0, 0.1) is 6.92 Å². The van der Waals surface area contributed by atoms with Gasteiger partial charge < -0.3 is 77.2 Å². The van der Waals surface area contributed by atoms with Crippen molar-refractivity contribution in [2.24, 2.45) is 0 Å². The maximum absolute atomic E-state index is 11.1. The number of ether oxygens (including phenoxy) is 2. The highest BCUT2D eigenvalue weighted by atomic mass is 16.5. The van der Waals surface area contributed by atoms with Crippen molar-refractivity contribution in [1.29, 1.82) is 0 Å². The van der Waals surface area contributed by atoms with Gasteiger partial charge in [0.25, 0.3) is 0 Å². The predicted molar refractivity (Wildman–Crippen MR) is 483 cm³/mol. The summed E-state index contributed by atoms with van der Waals surface area (Å²) in [5, 5.41) is 63.3. The number of benzene rings is 7. The molecule has 0 spiro atoms. The van der Waals surface area contributed by atoms with Crippen molar-refractivity contribution in [1.82, 2.24) is 66.9 Å². The summed E-state index contributed by atoms with van der Waals surface area (Å²) in [6.07, 6.45) is 32.2. The Morgan fingerprint density at radius 1 is 0.336 bits per heavy atom. The number of aromatic nitrogens is 14. The van der Waals surface area contributed by atoms with Crippen LogP contribution in [0.1, 0.15) is 210 Å². The number of nitrogens with zero attached hydrogens (tertiary/aromatic N) is 14. The molecule has 14 rings (SSSR count). The highest BCUT2D eigenvalue weighted by Crippen LogP contribution is 2.32. The SMILES string of the molecule is CC(C)(C)Oc1ccc(C(CC(=O)O)n2ccnc2)cc1.CC(C)c1cncn1C(CC(=O)O)c1ccccc1.CCCc1cncn1C(CC(=O)O)c1ccccc1.CCc1cncn1C(CC(=O)O)c1ccccc1.COc1ccc(C(CC(=O)O)n2ccnc2)cc1.Cc1cncn1C(CC(=O)O)c1ccccc1.O=C(O)CC(c1ccccc1)n1ccnc1. The molecule has 7 heterocycles. The van der Waals surface area contributed by atoms with Crippen molar-refractivity contribution in [2.45, 2.75) is 173 Å². The van der Waals surface area contributed by atoms with E-state index in [1.807, 2.05) is 270 Å². The summed E-state index contributed by atoms with van der Waals surface area (Å²) in [6, 6.07) is 61.7. The van der Waals surface area contributed by atoms with Crippen molar-refractivity contribution < 1.29 is 78.8 Å². The van der Waals surface area contributed by atoms with Crippen molar-refractivity contribution >= 4 is 41.8 Å². The van der Waals surface area contributed by atoms with Crippen LogP contribution >= 0.6 is 0 Å². The largest absolute Gasteiger partial charge is 0.497 e. The first-order chi connectivity index (χ1) is 61.5. The molecule has 128 heavy (non-hydrogen) atoms. The molecule has 0 aliphatic heterocycles. The third-order valence-electron chi connectivity index (χ3n) is 20.2. The van der Waals surface area contributed by atoms with Crippen LogP contribution in [-0.4, -0.2) is 157 Å². The monoisotopic (exact) mass is 1740 g/mol. The topological polar surface area (TPSA) is 404 Å². The van der Waals surface area contributed by atoms with Crippen LogP contribution in [-0.2, 0) is 46.4 Å². The van der Waals surface area contributed by atoms with E-state index in [0.717, 1.165) is 92.5 Å². The van der Waals surface area contributed by atoms with Gasteiger partial charge in [-0.15, -0.1) is 0 Å². The first kappa shape index (κ1) is 98.3. The van der Waals surface area contributed by atoms with Gasteiger partial charge in [-0.1, -0.05) is 210 Å². The molecule has 7 unspecified atom stereocenters. The zero-order valence-electron chi connectivity index (χ0n) is 73.1. The van der Waals surface area contributed by atoms with Gasteiger partial charge in [-0.3, -0.25) is 33.6 Å². The second-order valence-corrected chi connectivity index (χ2v) is 30.9. The lowest BCUT2D eigenvalue weighted by atomic mass is 10.0. The van der Waals surface area contributed by atoms with Gasteiger partial charge in [0.15, 0.2) is 0 Å². The Bertz CT molecular complexity index is 5590. The first-order valence-electron chi connectivity index (χ1n) is 41.7. The van der Waals surface area contributed by atoms with Gasteiger partial charge in [0.1, 0.15) is 17.1 Å². The molecular weight excluding hydrogens is 1630 g/mol. The smallest absolute Gasteiger partial charge is 0.305 e. The molecule has 0 bridgehead atoms. The van der Waals surface area contributed by atoms with Crippen LogP contribution in [0.3, 0.4) is 0 Å². The lowest BCUT2D eigenvalue weighted by Crippen LogP contribution is -2.23. The molecule has 0 amide bonds. The summed E-state index contributed by atoms with van der Waals surface area (Å²) in [5.41, 5.74) is 10.6. The molecular formula is C98H112N14O16. The third-order valence-corrected chi connectivity index (χ3v) is 20.2. The Labute approximate surface area is 743 Å². The molecule has 0 aliphatic rings. The molecule has 0 radical (unpaired) electrons. The summed E-state index contributed by atoms with van der Waals surface area (Å²) in [6.45, 7) is 16.2. The fraction of sp³-hybridized carbons (Fsp3) is 0.286. The van der Waals surface area contributed by atoms with E-state index in [4.69, 9.17) is 45.2 Å². The zero-order valence-corrected chi connectivity index (χ0v) is 73.1. The maximum Gasteiger partial charge on any atom is 0.305 e. The minimum Gasteiger partial charge on any atom is -0.497 e. The summed E-state index contributed by atoms with van der Waals surface area (Å²) in [4.78, 5) is 105. The number of aryl methyl sites for hydroxylation is 3. The fourth-order valence-electron chi connectivity index (χ4n) is 14.2. The average Bonchev–Trinajstić information content (AvgIpc) is 1.71. The average molecular weight is 1740 g/mol. The highest BCUT2D eigenvalue weighted by molar-refractivity contribution is 5.71. The summed E-state index contributed by atoms with van der Waals surface area (Å²) < 4.78 is 24.0. The van der Waals surface area contributed by atoms with Gasteiger partial charge in [0.05, 0.1) is 139 Å². The van der Waals surface area contributed by atoms with E-state index < -0.39 is 41.8 Å². The molecule has 7 atom stereocenters. The molecule has 0 aliphatic carbocycles. The van der Waals surface area contributed by atoms with Gasteiger partial charge >= 0.3 is 41.8 Å². The van der Waals surface area contributed by atoms with Crippen LogP contribution < -0.4 is 9.47 Å². The van der Waals surface area contributed by atoms with Crippen LogP contribution in [0.25, 0.3) is 0 Å². The number of imidazole rings is 7. The van der Waals surface area contributed by atoms with E-state index >= 15 is 0 Å². The highest BCUT2D eigenvalue weighted by Gasteiger charge is 2.26. The number of carboxylic acid groups (broad SMARTS) is 7. The van der Waals surface area contributed by atoms with E-state index in [1.165, 1.54) is 0 Å². The number of carboxylic acids is 7. The Morgan fingerprint density at radius 3 is 0.914 bits per heavy atom. The molecule has 0 saturated heterocycles. The Hall–Kier alpha value is -15.1. The van der Waals surface area contributed by atoms with Crippen LogP contribution in [0.15, 0.2) is 306 Å². The molecule has 30 nitrogen and oxygen atoms in total. The first-order valence-corrected chi connectivity index (χ1v) is 41.7. The number of aliphatic carboxylic acids is 7. The summed E-state index contributed by atoms with van der Waals surface area (Å²) in [5.74, 6) is -3.91. The number of rotatable bonds is 34. The third kappa shape index (κ3) is 31.6. The molecule has 7 aromatic carbocycles. The fourth-order valence-corrected chi connectivity index (χ4v) is 14.2. The molecule has 0 fully saturated rings. The molecule has 670 valence electrons. The van der Waals surface area contributed by atoms with Crippen LogP contribution in [0.4, 0.5) is 0 Å². The molecule has 14 aromatic rings. The minimum absolute atomic E-state index is 0.00976. The standard InChI is InChI=1S/C16H20N2O3.2C15H18N2O2.C14H16N2O2.C13H14N2O3.C13H14N2O2.C12H12N2O2/c1-16(2,3)21-13-6-4-12(5-7-13)14(10-15(19)20)18-9-8-17-11-18;1-11(2)14-9-16-10-17(14)13(8-15(18)19)12-6-4-3-5-7-12;1-2-6-13-10-16-11-17(13)14(9-15(18)19)12-7-4-3-5-8-12;1-2-12-9-15-10-16(12)13(8-14(17)18)11-6-4-3-5-7-11;1-18-11-4-2-10(3-5-11)12(8-13(16)17)15-7-6-14-9-15;1-10-8-14-9-15(10)12(7-13(16)17)11-5-3-2-4-6-11;15-12(16)8-11(14-7-6-13-9-14)10-4-2-1-3-5-10/h4-9,11,14H,10H2,1-3H3,(H,19,20);3-7,9-11,13H,8H2,1-2H3,(H,18,19);3-5,7-8,10-11,14H,2,6,9H2,1H3,(H,18,19);3-7,9-10,13H,2,8H2,1H3,(H,17,18);2-7,9,12H,8H2,1H3,(H,16,17);2-6,8-9,12H,7H2,1H3,(H,16,17);1-7,9,11H,8H2,(H,15,16). The second-order valence-electron chi connectivity index (χ2n) is 30.9. The Morgan fingerprint density at radius 2 is 0.617 bits per heavy atom. The molecule has 0 saturated carbocycles. The summed E-state index contributed by atoms with van der Waals surface area (Å²) in [7, 11) is 1.60. The van der Waals surface area contributed by atoms with Crippen molar-refractivity contribution in [3.63, 3.8) is 0 Å². The van der Waals surface area contributed by atoms with Crippen molar-refractivity contribution in [2.75, 3.05) is 7.11 Å². The second kappa shape index (κ2) is 50.6. The van der Waals surface area contributed by atoms with Crippen molar-refractivity contribution in [3.8, 4) is 11.5 Å². The number of carbonyl (C=O) groups is 7. The Kier molecular flexibility index (Phi) is 38.9. The van der Waals surface area contributed by atoms with Gasteiger partial charge in [-0.05, 0) is 110 Å². The van der Waals surface area contributed by atoms with Crippen LogP contribution in [0.5, 0.6) is 11.5 Å². The Balaban J connectivity index is 0.000000185. The molecule has 30 heteroatoms. The van der Waals surface area contributed by atoms with E-state index in [1.54, 1.807) is 110 Å². The van der Waals surface area contributed by atoms with Gasteiger partial charge in [0, 0.05) is 84.7 Å². The number of hydrogen-bond donors (Lipinski definition) is 7. The quantitative estimate of drug-likeness (QED) is 0.0197. The minimum atomic E-state index is -0.844. The molecule has 7 aromatic heterocycles. The lowest BCUT2D eigenvalue weighted by molar-refractivity contribution is -0.138. The zero-order chi connectivity index (χ0) is 92.5. The van der Waals surface area contributed by atoms with Gasteiger partial charge in [0.2, 0.25) is 0 Å². The lowest BCUT2D eigenvalue weighted by Gasteiger charge is -2.22. The van der Waals surface area contributed by atoms with Crippen LogP contribution in [0.2, 0.25) is 0 Å². The van der Waals surface area contributed by atoms with E-state index in [2.05, 4.69) is 55.7 Å². The maximum atomic E-state index is 11.1. The van der Waals surface area contributed by atoms with E-state index in [9.17, 15) is 33.6 Å². The predicted octanol–water partition coefficient (Wildman–Crippen LogP) is 17.8. The van der Waals surface area contributed by atoms with E-state index in [0.29, 0.717) is 5.92 Å². The number of hydrogen-bond acceptors (Lipinski definition) is 16. The van der Waals surface area contributed by atoms with E-state index in [-0.39, 0.29) is 92.8 Å². The van der Waals surface area contributed by atoms with Gasteiger partial charge in [-0.2, -0.15) is 0 Å². The summed E-state index contributed by atoms with van der Waals surface area (Å²) >= 11 is 0. The van der Waals surface area contributed by atoms with Gasteiger partial charge in [-0.25, -0.2) is 34.9 Å². The molecule has 7 N–H and O–H groups in total. The number of methoxy groups -OCH3 is 1. The normalized spacial score (nSPS) is 12.4.